The minimum Gasteiger partial charge on any atom is -0.454 e. The number of piperidine rings is 1. The lowest BCUT2D eigenvalue weighted by atomic mass is 9.90. The molecule has 0 atom stereocenters. The zero-order valence-corrected chi connectivity index (χ0v) is 25.1. The molecule has 8 nitrogen and oxygen atoms in total. The summed E-state index contributed by atoms with van der Waals surface area (Å²) in [6.45, 7) is 3.82. The highest BCUT2D eigenvalue weighted by atomic mass is 32.2. The van der Waals surface area contributed by atoms with Gasteiger partial charge in [-0.15, -0.1) is 0 Å². The van der Waals surface area contributed by atoms with Crippen LogP contribution in [-0.2, 0) is 24.8 Å². The lowest BCUT2D eigenvalue weighted by Crippen LogP contribution is -2.39. The number of amides is 1. The number of nitriles is 1. The molecule has 1 aromatic heterocycles. The Morgan fingerprint density at radius 3 is 2.55 bits per heavy atom. The van der Waals surface area contributed by atoms with E-state index >= 15 is 0 Å². The number of thioether (sulfide) groups is 1. The maximum absolute atomic E-state index is 13.6. The van der Waals surface area contributed by atoms with Crippen molar-refractivity contribution in [1.29, 1.82) is 5.26 Å². The molecule has 0 saturated carbocycles. The Balaban J connectivity index is 1.28. The first-order valence-electron chi connectivity index (χ1n) is 13.9. The van der Waals surface area contributed by atoms with Crippen molar-refractivity contribution in [2.45, 2.75) is 32.7 Å². The number of hydrogen-bond acceptors (Lipinski definition) is 8. The van der Waals surface area contributed by atoms with Gasteiger partial charge in [0.2, 0.25) is 6.79 Å². The molecular formula is C32H30N4O4S2. The van der Waals surface area contributed by atoms with E-state index in [9.17, 15) is 14.9 Å². The molecule has 42 heavy (non-hydrogen) atoms. The molecule has 3 aliphatic rings. The largest absolute Gasteiger partial charge is 0.454 e. The molecule has 0 N–H and O–H groups in total. The van der Waals surface area contributed by atoms with Gasteiger partial charge in [0.25, 0.3) is 11.5 Å². The number of fused-ring (bicyclic) bond motifs is 1. The van der Waals surface area contributed by atoms with E-state index in [1.165, 1.54) is 17.3 Å². The maximum atomic E-state index is 13.6. The summed E-state index contributed by atoms with van der Waals surface area (Å²) in [4.78, 5) is 31.1. The second-order valence-electron chi connectivity index (χ2n) is 10.8. The number of carbonyl (C=O) groups excluding carboxylic acids is 1. The summed E-state index contributed by atoms with van der Waals surface area (Å²) in [6, 6.07) is 18.2. The molecule has 0 aliphatic carbocycles. The number of pyridine rings is 1. The molecule has 3 aromatic rings. The van der Waals surface area contributed by atoms with Gasteiger partial charge in [-0.1, -0.05) is 60.4 Å². The first kappa shape index (κ1) is 28.1. The van der Waals surface area contributed by atoms with Crippen molar-refractivity contribution in [3.8, 4) is 17.6 Å². The fraction of sp³-hybridized carbons (Fsp3) is 0.312. The van der Waals surface area contributed by atoms with Crippen molar-refractivity contribution in [3.63, 3.8) is 0 Å². The van der Waals surface area contributed by atoms with Gasteiger partial charge in [-0.2, -0.15) is 5.26 Å². The monoisotopic (exact) mass is 598 g/mol. The van der Waals surface area contributed by atoms with Gasteiger partial charge in [-0.05, 0) is 67.0 Å². The van der Waals surface area contributed by atoms with E-state index in [0.717, 1.165) is 43.7 Å². The van der Waals surface area contributed by atoms with Crippen molar-refractivity contribution in [3.05, 3.63) is 91.6 Å². The Hall–Kier alpha value is -4.07. The van der Waals surface area contributed by atoms with Gasteiger partial charge in [0.1, 0.15) is 21.8 Å². The second kappa shape index (κ2) is 11.7. The summed E-state index contributed by atoms with van der Waals surface area (Å²) in [5.74, 6) is 2.41. The fourth-order valence-corrected chi connectivity index (χ4v) is 7.12. The van der Waals surface area contributed by atoms with Gasteiger partial charge in [-0.25, -0.2) is 0 Å². The smallest absolute Gasteiger partial charge is 0.270 e. The highest BCUT2D eigenvalue weighted by Crippen LogP contribution is 2.38. The number of benzene rings is 2. The summed E-state index contributed by atoms with van der Waals surface area (Å²) < 4.78 is 12.9. The molecule has 214 valence electrons. The quantitative estimate of drug-likeness (QED) is 0.284. The van der Waals surface area contributed by atoms with Gasteiger partial charge < -0.3 is 14.4 Å². The van der Waals surface area contributed by atoms with Crippen molar-refractivity contribution in [1.82, 2.24) is 9.47 Å². The number of aromatic nitrogens is 1. The number of hydrogen-bond donors (Lipinski definition) is 0. The molecule has 4 heterocycles. The maximum Gasteiger partial charge on any atom is 0.270 e. The van der Waals surface area contributed by atoms with Crippen LogP contribution in [0.2, 0.25) is 0 Å². The van der Waals surface area contributed by atoms with Crippen molar-refractivity contribution >= 4 is 46.1 Å². The van der Waals surface area contributed by atoms with Crippen LogP contribution in [0.25, 0.3) is 6.08 Å². The molecule has 0 radical (unpaired) electrons. The predicted molar refractivity (Wildman–Crippen MR) is 167 cm³/mol. The van der Waals surface area contributed by atoms with Crippen LogP contribution in [0.1, 0.15) is 40.7 Å². The number of nitrogens with zero attached hydrogens (tertiary/aromatic N) is 4. The van der Waals surface area contributed by atoms with E-state index in [2.05, 4.69) is 35.2 Å². The Bertz CT molecular complexity index is 1700. The number of anilines is 1. The van der Waals surface area contributed by atoms with E-state index in [-0.39, 0.29) is 23.8 Å². The normalized spacial score (nSPS) is 17.8. The zero-order chi connectivity index (χ0) is 29.4. The van der Waals surface area contributed by atoms with E-state index in [4.69, 9.17) is 21.7 Å². The van der Waals surface area contributed by atoms with E-state index in [1.807, 2.05) is 24.3 Å². The van der Waals surface area contributed by atoms with Crippen LogP contribution in [0.5, 0.6) is 11.5 Å². The third kappa shape index (κ3) is 5.30. The summed E-state index contributed by atoms with van der Waals surface area (Å²) in [7, 11) is 1.70. The van der Waals surface area contributed by atoms with Crippen LogP contribution in [0.4, 0.5) is 5.82 Å². The summed E-state index contributed by atoms with van der Waals surface area (Å²) >= 11 is 6.85. The topological polar surface area (TPSA) is 87.8 Å². The standard InChI is InChI=1S/C32H30N4O4S2/c1-20-24(16-28-31(38)36(32(41)42-28)18-23-8-9-26-27(15-23)40-19-39-26)29(34(2)30(37)25(20)17-33)35-12-10-22(11-13-35)14-21-6-4-3-5-7-21/h3-9,15-16,22H,10-14,18-19H2,1-2H3/b28-16-. The Kier molecular flexibility index (Phi) is 7.80. The minimum atomic E-state index is -0.330. The van der Waals surface area contributed by atoms with Gasteiger partial charge in [0, 0.05) is 25.7 Å². The van der Waals surface area contributed by atoms with Gasteiger partial charge in [0.05, 0.1) is 11.4 Å². The predicted octanol–water partition coefficient (Wildman–Crippen LogP) is 5.15. The molecule has 0 unspecified atom stereocenters. The number of thiocarbonyl (C=S) groups is 1. The van der Waals surface area contributed by atoms with Crippen molar-refractivity contribution in [2.75, 3.05) is 24.8 Å². The molecule has 2 saturated heterocycles. The molecule has 0 bridgehead atoms. The first-order valence-corrected chi connectivity index (χ1v) is 15.1. The molecular weight excluding hydrogens is 569 g/mol. The molecule has 6 rings (SSSR count). The fourth-order valence-electron chi connectivity index (χ4n) is 5.88. The minimum absolute atomic E-state index is 0.0855. The van der Waals surface area contributed by atoms with Crippen molar-refractivity contribution < 1.29 is 14.3 Å². The van der Waals surface area contributed by atoms with Gasteiger partial charge in [-0.3, -0.25) is 19.1 Å². The van der Waals surface area contributed by atoms with Crippen LogP contribution < -0.4 is 19.9 Å². The number of carbonyl (C=O) groups is 1. The molecule has 2 fully saturated rings. The van der Waals surface area contributed by atoms with Crippen LogP contribution in [0.15, 0.2) is 58.2 Å². The summed E-state index contributed by atoms with van der Waals surface area (Å²) in [5, 5.41) is 9.83. The van der Waals surface area contributed by atoms with Crippen LogP contribution in [0, 0.1) is 24.2 Å². The lowest BCUT2D eigenvalue weighted by molar-refractivity contribution is -0.122. The average molecular weight is 599 g/mol. The highest BCUT2D eigenvalue weighted by molar-refractivity contribution is 8.26. The second-order valence-corrected chi connectivity index (χ2v) is 12.5. The Labute approximate surface area is 254 Å². The highest BCUT2D eigenvalue weighted by Gasteiger charge is 2.34. The van der Waals surface area contributed by atoms with Crippen molar-refractivity contribution in [2.24, 2.45) is 13.0 Å². The Morgan fingerprint density at radius 2 is 1.81 bits per heavy atom. The molecule has 1 amide bonds. The van der Waals surface area contributed by atoms with E-state index in [1.54, 1.807) is 29.5 Å². The SMILES string of the molecule is Cc1c(/C=C2\SC(=S)N(Cc3ccc4c(c3)OCO4)C2=O)c(N2CCC(Cc3ccccc3)CC2)n(C)c(=O)c1C#N. The van der Waals surface area contributed by atoms with Crippen LogP contribution in [0.3, 0.4) is 0 Å². The molecule has 10 heteroatoms. The van der Waals surface area contributed by atoms with Gasteiger partial charge in [0.15, 0.2) is 11.5 Å². The number of rotatable bonds is 6. The zero-order valence-electron chi connectivity index (χ0n) is 23.5. The van der Waals surface area contributed by atoms with Crippen LogP contribution >= 0.6 is 24.0 Å². The molecule has 2 aromatic carbocycles. The molecule has 0 spiro atoms. The lowest BCUT2D eigenvalue weighted by Gasteiger charge is -2.36. The molecule has 3 aliphatic heterocycles. The third-order valence-corrected chi connectivity index (χ3v) is 9.55. The summed E-state index contributed by atoms with van der Waals surface area (Å²) in [6.07, 6.45) is 4.80. The van der Waals surface area contributed by atoms with E-state index < -0.39 is 0 Å². The van der Waals surface area contributed by atoms with Gasteiger partial charge >= 0.3 is 0 Å². The Morgan fingerprint density at radius 1 is 1.07 bits per heavy atom. The third-order valence-electron chi connectivity index (χ3n) is 8.18. The van der Waals surface area contributed by atoms with Crippen LogP contribution in [-0.4, -0.2) is 39.6 Å². The number of ether oxygens (including phenoxy) is 2. The summed E-state index contributed by atoms with van der Waals surface area (Å²) in [5.41, 5.74) is 3.25. The average Bonchev–Trinajstić information content (AvgIpc) is 3.57. The van der Waals surface area contributed by atoms with E-state index in [0.29, 0.717) is 44.3 Å². The first-order chi connectivity index (χ1) is 20.3.